The normalized spacial score (nSPS) is 17.0. The average Bonchev–Trinajstić information content (AvgIpc) is 2.04. The summed E-state index contributed by atoms with van der Waals surface area (Å²) in [6.45, 7) is 5.46. The van der Waals surface area contributed by atoms with Gasteiger partial charge in [0.05, 0.1) is 0 Å². The van der Waals surface area contributed by atoms with E-state index in [9.17, 15) is 8.78 Å². The van der Waals surface area contributed by atoms with Crippen LogP contribution in [0.4, 0.5) is 8.78 Å². The van der Waals surface area contributed by atoms with Gasteiger partial charge in [-0.3, -0.25) is 0 Å². The maximum Gasteiger partial charge on any atom is 0.124 e. The maximum atomic E-state index is 12.4. The molecule has 2 heteroatoms. The fourth-order valence-electron chi connectivity index (χ4n) is 0.796. The van der Waals surface area contributed by atoms with E-state index in [-0.39, 0.29) is 11.4 Å². The summed E-state index contributed by atoms with van der Waals surface area (Å²) in [5, 5.41) is 0. The van der Waals surface area contributed by atoms with Gasteiger partial charge in [0.1, 0.15) is 11.7 Å². The van der Waals surface area contributed by atoms with Gasteiger partial charge < -0.3 is 0 Å². The Kier molecular flexibility index (Phi) is 4.75. The molecule has 0 aromatic rings. The molecule has 1 rings (SSSR count). The maximum absolute atomic E-state index is 12.4. The first-order valence-electron chi connectivity index (χ1n) is 3.93. The van der Waals surface area contributed by atoms with Crippen LogP contribution in [-0.2, 0) is 0 Å². The summed E-state index contributed by atoms with van der Waals surface area (Å²) in [6, 6.07) is 0. The third-order valence-electron chi connectivity index (χ3n) is 1.45. The van der Waals surface area contributed by atoms with Gasteiger partial charge in [-0.2, -0.15) is 0 Å². The molecular formula is C9H14F2. The van der Waals surface area contributed by atoms with Crippen molar-refractivity contribution < 1.29 is 8.78 Å². The summed E-state index contributed by atoms with van der Waals surface area (Å²) >= 11 is 0. The van der Waals surface area contributed by atoms with Crippen molar-refractivity contribution in [1.82, 2.24) is 0 Å². The monoisotopic (exact) mass is 160 g/mol. The van der Waals surface area contributed by atoms with Crippen molar-refractivity contribution in [1.29, 1.82) is 0 Å². The van der Waals surface area contributed by atoms with Crippen LogP contribution in [0.3, 0.4) is 0 Å². The minimum atomic E-state index is -0.404. The SMILES string of the molecule is CC.CC1=C(F)CCC=C1F. The van der Waals surface area contributed by atoms with Crippen LogP contribution in [0, 0.1) is 0 Å². The molecule has 0 aliphatic heterocycles. The molecule has 64 valence electrons. The van der Waals surface area contributed by atoms with Crippen LogP contribution in [0.25, 0.3) is 0 Å². The first-order valence-corrected chi connectivity index (χ1v) is 3.93. The van der Waals surface area contributed by atoms with Crippen molar-refractivity contribution in [3.8, 4) is 0 Å². The summed E-state index contributed by atoms with van der Waals surface area (Å²) in [5.41, 5.74) is 0.168. The van der Waals surface area contributed by atoms with Crippen LogP contribution in [-0.4, -0.2) is 0 Å². The smallest absolute Gasteiger partial charge is 0.124 e. The molecular weight excluding hydrogens is 146 g/mol. The topological polar surface area (TPSA) is 0 Å². The number of rotatable bonds is 0. The van der Waals surface area contributed by atoms with Gasteiger partial charge in [-0.25, -0.2) is 8.78 Å². The molecule has 0 bridgehead atoms. The highest BCUT2D eigenvalue weighted by Gasteiger charge is 2.10. The van der Waals surface area contributed by atoms with Gasteiger partial charge in [-0.05, 0) is 19.4 Å². The average molecular weight is 160 g/mol. The lowest BCUT2D eigenvalue weighted by Gasteiger charge is -2.05. The molecule has 11 heavy (non-hydrogen) atoms. The summed E-state index contributed by atoms with van der Waals surface area (Å²) < 4.78 is 24.8. The molecule has 1 aliphatic rings. The molecule has 0 nitrogen and oxygen atoms in total. The summed E-state index contributed by atoms with van der Waals surface area (Å²) in [4.78, 5) is 0. The van der Waals surface area contributed by atoms with E-state index in [0.29, 0.717) is 12.8 Å². The molecule has 0 saturated heterocycles. The number of halogens is 2. The van der Waals surface area contributed by atoms with E-state index >= 15 is 0 Å². The summed E-state index contributed by atoms with van der Waals surface area (Å²) in [7, 11) is 0. The van der Waals surface area contributed by atoms with Crippen LogP contribution < -0.4 is 0 Å². The zero-order valence-electron chi connectivity index (χ0n) is 7.25. The molecule has 0 aromatic carbocycles. The van der Waals surface area contributed by atoms with Gasteiger partial charge in [-0.15, -0.1) is 0 Å². The van der Waals surface area contributed by atoms with E-state index in [1.54, 1.807) is 0 Å². The van der Waals surface area contributed by atoms with Gasteiger partial charge in [-0.1, -0.05) is 13.8 Å². The Morgan fingerprint density at radius 1 is 1.27 bits per heavy atom. The predicted octanol–water partition coefficient (Wildman–Crippen LogP) is 3.90. The van der Waals surface area contributed by atoms with Crippen molar-refractivity contribution >= 4 is 0 Å². The molecule has 0 fully saturated rings. The fraction of sp³-hybridized carbons (Fsp3) is 0.556. The van der Waals surface area contributed by atoms with Crippen LogP contribution in [0.15, 0.2) is 23.3 Å². The largest absolute Gasteiger partial charge is 0.211 e. The summed E-state index contributed by atoms with van der Waals surface area (Å²) in [6.07, 6.45) is 2.27. The Balaban J connectivity index is 0.000000461. The number of hydrogen-bond donors (Lipinski definition) is 0. The Morgan fingerprint density at radius 3 is 2.18 bits per heavy atom. The Labute approximate surface area is 66.6 Å². The van der Waals surface area contributed by atoms with E-state index in [4.69, 9.17) is 0 Å². The highest BCUT2D eigenvalue weighted by atomic mass is 19.1. The van der Waals surface area contributed by atoms with E-state index in [1.807, 2.05) is 13.8 Å². The fourth-order valence-corrected chi connectivity index (χ4v) is 0.796. The minimum absolute atomic E-state index is 0.168. The van der Waals surface area contributed by atoms with Crippen molar-refractivity contribution in [2.45, 2.75) is 33.6 Å². The second-order valence-electron chi connectivity index (χ2n) is 2.12. The molecule has 0 unspecified atom stereocenters. The first kappa shape index (κ1) is 10.3. The molecule has 0 heterocycles. The standard InChI is InChI=1S/C7H8F2.C2H6/c1-5-6(8)3-2-4-7(5)9;1-2/h3H,2,4H2,1H3;1-2H3. The minimum Gasteiger partial charge on any atom is -0.211 e. The van der Waals surface area contributed by atoms with E-state index < -0.39 is 5.83 Å². The van der Waals surface area contributed by atoms with E-state index in [2.05, 4.69) is 0 Å². The summed E-state index contributed by atoms with van der Waals surface area (Å²) in [5.74, 6) is -0.714. The molecule has 0 saturated carbocycles. The third kappa shape index (κ3) is 2.83. The Hall–Kier alpha value is -0.660. The molecule has 0 N–H and O–H groups in total. The number of hydrogen-bond acceptors (Lipinski definition) is 0. The van der Waals surface area contributed by atoms with Crippen molar-refractivity contribution in [2.75, 3.05) is 0 Å². The molecule has 0 spiro atoms. The Bertz CT molecular complexity index is 178. The lowest BCUT2D eigenvalue weighted by atomic mass is 10.1. The van der Waals surface area contributed by atoms with Crippen LogP contribution in [0.2, 0.25) is 0 Å². The highest BCUT2D eigenvalue weighted by Crippen LogP contribution is 2.25. The van der Waals surface area contributed by atoms with Gasteiger partial charge in [0.15, 0.2) is 0 Å². The highest BCUT2D eigenvalue weighted by molar-refractivity contribution is 5.29. The molecule has 0 amide bonds. The van der Waals surface area contributed by atoms with Crippen molar-refractivity contribution in [3.05, 3.63) is 23.3 Å². The third-order valence-corrected chi connectivity index (χ3v) is 1.45. The zero-order chi connectivity index (χ0) is 8.85. The zero-order valence-corrected chi connectivity index (χ0v) is 7.25. The lowest BCUT2D eigenvalue weighted by Crippen LogP contribution is -1.90. The van der Waals surface area contributed by atoms with Crippen LogP contribution in [0.5, 0.6) is 0 Å². The van der Waals surface area contributed by atoms with E-state index in [1.165, 1.54) is 13.0 Å². The van der Waals surface area contributed by atoms with E-state index in [0.717, 1.165) is 0 Å². The van der Waals surface area contributed by atoms with Gasteiger partial charge in [0.2, 0.25) is 0 Å². The quantitative estimate of drug-likeness (QED) is 0.504. The lowest BCUT2D eigenvalue weighted by molar-refractivity contribution is 0.541. The molecule has 1 aliphatic carbocycles. The van der Waals surface area contributed by atoms with Crippen molar-refractivity contribution in [2.24, 2.45) is 0 Å². The Morgan fingerprint density at radius 2 is 1.82 bits per heavy atom. The van der Waals surface area contributed by atoms with Gasteiger partial charge >= 0.3 is 0 Å². The van der Waals surface area contributed by atoms with Crippen LogP contribution >= 0.6 is 0 Å². The van der Waals surface area contributed by atoms with Gasteiger partial charge in [0, 0.05) is 12.0 Å². The second kappa shape index (κ2) is 5.05. The molecule has 0 radical (unpaired) electrons. The second-order valence-corrected chi connectivity index (χ2v) is 2.12. The first-order chi connectivity index (χ1) is 5.22. The molecule has 0 atom stereocenters. The van der Waals surface area contributed by atoms with Crippen LogP contribution in [0.1, 0.15) is 33.6 Å². The predicted molar refractivity (Wildman–Crippen MR) is 43.6 cm³/mol. The van der Waals surface area contributed by atoms with Crippen molar-refractivity contribution in [3.63, 3.8) is 0 Å². The van der Waals surface area contributed by atoms with Gasteiger partial charge in [0.25, 0.3) is 0 Å². The molecule has 0 aromatic heterocycles. The number of allylic oxidation sites excluding steroid dienone is 4.